The number of hydrogen-bond donors (Lipinski definition) is 1. The molecule has 8 nitrogen and oxygen atoms in total. The Hall–Kier alpha value is -3.59. The van der Waals surface area contributed by atoms with Gasteiger partial charge in [0.05, 0.1) is 17.6 Å². The first kappa shape index (κ1) is 26.5. The van der Waals surface area contributed by atoms with Gasteiger partial charge in [-0.3, -0.25) is 14.9 Å². The van der Waals surface area contributed by atoms with Crippen LogP contribution in [0.5, 0.6) is 5.75 Å². The highest BCUT2D eigenvalue weighted by Gasteiger charge is 2.42. The Morgan fingerprint density at radius 3 is 2.70 bits per heavy atom. The van der Waals surface area contributed by atoms with Crippen molar-refractivity contribution in [1.29, 1.82) is 0 Å². The van der Waals surface area contributed by atoms with Gasteiger partial charge in [-0.1, -0.05) is 37.3 Å². The van der Waals surface area contributed by atoms with E-state index in [-0.39, 0.29) is 30.4 Å². The molecule has 0 amide bonds. The van der Waals surface area contributed by atoms with Crippen LogP contribution in [-0.2, 0) is 14.3 Å². The van der Waals surface area contributed by atoms with E-state index in [2.05, 4.69) is 5.32 Å². The Bertz CT molecular complexity index is 1280. The third-order valence-electron chi connectivity index (χ3n) is 6.71. The number of hydrogen-bond acceptors (Lipinski definition) is 8. The van der Waals surface area contributed by atoms with Crippen molar-refractivity contribution in [3.8, 4) is 5.75 Å². The Balaban J connectivity index is 1.76. The van der Waals surface area contributed by atoms with E-state index in [0.29, 0.717) is 34.6 Å². The highest BCUT2D eigenvalue weighted by Crippen LogP contribution is 2.47. The van der Waals surface area contributed by atoms with Gasteiger partial charge in [0.2, 0.25) is 0 Å². The van der Waals surface area contributed by atoms with Crippen LogP contribution in [-0.4, -0.2) is 41.9 Å². The number of nitro groups is 1. The number of nitrogens with one attached hydrogen (secondary N) is 1. The van der Waals surface area contributed by atoms with Crippen molar-refractivity contribution in [3.05, 3.63) is 92.3 Å². The molecular formula is C28H30N2O6S. The van der Waals surface area contributed by atoms with Crippen LogP contribution in [0.4, 0.5) is 5.69 Å². The summed E-state index contributed by atoms with van der Waals surface area (Å²) in [5.74, 6) is 0.801. The highest BCUT2D eigenvalue weighted by atomic mass is 32.2. The molecule has 0 saturated carbocycles. The summed E-state index contributed by atoms with van der Waals surface area (Å²) in [6, 6.07) is 13.8. The Morgan fingerprint density at radius 1 is 1.19 bits per heavy atom. The second kappa shape index (κ2) is 11.6. The maximum Gasteiger partial charge on any atom is 0.336 e. The molecule has 1 aliphatic carbocycles. The topological polar surface area (TPSA) is 108 Å². The van der Waals surface area contributed by atoms with Crippen LogP contribution in [0.1, 0.15) is 49.7 Å². The number of dihydropyridines is 1. The van der Waals surface area contributed by atoms with Crippen molar-refractivity contribution >= 4 is 29.2 Å². The fraction of sp³-hybridized carbons (Fsp3) is 0.357. The number of esters is 1. The van der Waals surface area contributed by atoms with E-state index in [9.17, 15) is 19.7 Å². The van der Waals surface area contributed by atoms with Crippen LogP contribution in [0.25, 0.3) is 0 Å². The first-order valence-corrected chi connectivity index (χ1v) is 13.4. The Morgan fingerprint density at radius 2 is 1.97 bits per heavy atom. The van der Waals surface area contributed by atoms with E-state index in [1.54, 1.807) is 37.9 Å². The second-order valence-corrected chi connectivity index (χ2v) is 10.3. The summed E-state index contributed by atoms with van der Waals surface area (Å²) in [5, 5.41) is 14.8. The summed E-state index contributed by atoms with van der Waals surface area (Å²) in [7, 11) is 1.61. The summed E-state index contributed by atoms with van der Waals surface area (Å²) in [4.78, 5) is 38.1. The minimum absolute atomic E-state index is 0.0990. The van der Waals surface area contributed by atoms with Crippen molar-refractivity contribution in [2.24, 2.45) is 0 Å². The van der Waals surface area contributed by atoms with Gasteiger partial charge in [-0.05, 0) is 36.3 Å². The number of thioether (sulfide) groups is 1. The summed E-state index contributed by atoms with van der Waals surface area (Å²) >= 11 is 1.66. The molecule has 2 atom stereocenters. The lowest BCUT2D eigenvalue weighted by atomic mass is 9.71. The van der Waals surface area contributed by atoms with Crippen LogP contribution < -0.4 is 10.1 Å². The number of Topliss-reactive ketones (excluding diaryl/α,β-unsaturated/α-hetero) is 1. The number of para-hydroxylation sites is 1. The maximum atomic E-state index is 13.7. The highest BCUT2D eigenvalue weighted by molar-refractivity contribution is 7.99. The number of nitrogens with zero attached hydrogens (tertiary/aromatic N) is 1. The minimum atomic E-state index is -0.756. The third kappa shape index (κ3) is 5.56. The Kier molecular flexibility index (Phi) is 8.33. The first-order valence-electron chi connectivity index (χ1n) is 12.2. The fourth-order valence-corrected chi connectivity index (χ4v) is 5.59. The van der Waals surface area contributed by atoms with Gasteiger partial charge in [-0.2, -0.15) is 11.8 Å². The number of ether oxygens (including phenoxy) is 2. The molecule has 0 radical (unpaired) electrons. The van der Waals surface area contributed by atoms with Crippen LogP contribution in [0.3, 0.4) is 0 Å². The first-order chi connectivity index (χ1) is 17.8. The van der Waals surface area contributed by atoms with Crippen molar-refractivity contribution < 1.29 is 24.0 Å². The summed E-state index contributed by atoms with van der Waals surface area (Å²) in [6.07, 6.45) is 0.778. The number of non-ortho nitro benzene ring substituents is 1. The number of allylic oxidation sites excluding steroid dienone is 3. The van der Waals surface area contributed by atoms with E-state index in [1.165, 1.54) is 12.1 Å². The average molecular weight is 523 g/mol. The molecule has 0 spiro atoms. The van der Waals surface area contributed by atoms with E-state index in [0.717, 1.165) is 22.8 Å². The molecule has 37 heavy (non-hydrogen) atoms. The van der Waals surface area contributed by atoms with E-state index in [4.69, 9.17) is 9.47 Å². The normalized spacial score (nSPS) is 19.3. The molecule has 1 heterocycles. The van der Waals surface area contributed by atoms with Gasteiger partial charge < -0.3 is 14.8 Å². The molecule has 4 rings (SSSR count). The van der Waals surface area contributed by atoms with Crippen LogP contribution in [0.15, 0.2) is 71.1 Å². The number of nitro benzene ring substituents is 1. The molecule has 2 aromatic rings. The number of ketones is 1. The van der Waals surface area contributed by atoms with Gasteiger partial charge in [0.15, 0.2) is 5.78 Å². The van der Waals surface area contributed by atoms with Crippen LogP contribution >= 0.6 is 11.8 Å². The molecule has 9 heteroatoms. The zero-order chi connectivity index (χ0) is 26.5. The molecule has 0 fully saturated rings. The summed E-state index contributed by atoms with van der Waals surface area (Å²) < 4.78 is 11.1. The van der Waals surface area contributed by atoms with Gasteiger partial charge in [0.1, 0.15) is 12.4 Å². The van der Waals surface area contributed by atoms with Crippen molar-refractivity contribution in [1.82, 2.24) is 5.32 Å². The zero-order valence-electron chi connectivity index (χ0n) is 21.1. The summed E-state index contributed by atoms with van der Waals surface area (Å²) in [6.45, 7) is 4.05. The molecule has 0 aromatic heterocycles. The number of benzene rings is 2. The molecule has 0 saturated heterocycles. The van der Waals surface area contributed by atoms with Gasteiger partial charge in [0.25, 0.3) is 5.69 Å². The Labute approximate surface area is 220 Å². The predicted molar refractivity (Wildman–Crippen MR) is 143 cm³/mol. The molecule has 0 bridgehead atoms. The molecule has 2 aliphatic rings. The molecule has 194 valence electrons. The van der Waals surface area contributed by atoms with Gasteiger partial charge in [-0.25, -0.2) is 4.79 Å². The van der Waals surface area contributed by atoms with E-state index >= 15 is 0 Å². The smallest absolute Gasteiger partial charge is 0.336 e. The maximum absolute atomic E-state index is 13.7. The van der Waals surface area contributed by atoms with Crippen LogP contribution in [0, 0.1) is 10.1 Å². The van der Waals surface area contributed by atoms with E-state index in [1.807, 2.05) is 31.2 Å². The SMILES string of the molecule is CCSCCOC(=O)C1=C(C)NC2=C(C(=O)C[C@@H](c3ccccc3OC)C2)[C@@H]1c1cccc([N+](=O)[O-])c1. The van der Waals surface area contributed by atoms with Gasteiger partial charge in [0, 0.05) is 53.1 Å². The van der Waals surface area contributed by atoms with Gasteiger partial charge >= 0.3 is 5.97 Å². The lowest BCUT2D eigenvalue weighted by Gasteiger charge is -2.36. The fourth-order valence-electron chi connectivity index (χ4n) is 5.10. The zero-order valence-corrected chi connectivity index (χ0v) is 21.9. The van der Waals surface area contributed by atoms with E-state index < -0.39 is 16.8 Å². The second-order valence-electron chi connectivity index (χ2n) is 8.94. The molecule has 1 aliphatic heterocycles. The lowest BCUT2D eigenvalue weighted by molar-refractivity contribution is -0.384. The monoisotopic (exact) mass is 522 g/mol. The number of carbonyl (C=O) groups excluding carboxylic acids is 2. The largest absolute Gasteiger partial charge is 0.496 e. The number of carbonyl (C=O) groups is 2. The minimum Gasteiger partial charge on any atom is -0.496 e. The lowest BCUT2D eigenvalue weighted by Crippen LogP contribution is -2.36. The number of rotatable bonds is 9. The summed E-state index contributed by atoms with van der Waals surface area (Å²) in [5.41, 5.74) is 3.44. The van der Waals surface area contributed by atoms with Gasteiger partial charge in [-0.15, -0.1) is 0 Å². The standard InChI is InChI=1S/C28H30N2O6S/c1-4-37-13-12-36-28(32)25-17(2)29-22-15-19(21-10-5-6-11-24(21)35-3)16-23(31)27(22)26(25)18-8-7-9-20(14-18)30(33)34/h5-11,14,19,26,29H,4,12-13,15-16H2,1-3H3/t19-,26+/m0/s1. The van der Waals surface area contributed by atoms with Crippen LogP contribution in [0.2, 0.25) is 0 Å². The van der Waals surface area contributed by atoms with Crippen molar-refractivity contribution in [3.63, 3.8) is 0 Å². The molecule has 1 N–H and O–H groups in total. The average Bonchev–Trinajstić information content (AvgIpc) is 2.90. The third-order valence-corrected chi connectivity index (χ3v) is 7.57. The number of methoxy groups -OCH3 is 1. The molecule has 2 aromatic carbocycles. The molecule has 0 unspecified atom stereocenters. The van der Waals surface area contributed by atoms with Crippen molar-refractivity contribution in [2.45, 2.75) is 38.5 Å². The molecular weight excluding hydrogens is 492 g/mol. The van der Waals surface area contributed by atoms with Crippen molar-refractivity contribution in [2.75, 3.05) is 25.2 Å². The predicted octanol–water partition coefficient (Wildman–Crippen LogP) is 5.26. The quantitative estimate of drug-likeness (QED) is 0.206.